The molecule has 2 heterocycles. The monoisotopic (exact) mass is 441 g/mol. The number of imide groups is 1. The summed E-state index contributed by atoms with van der Waals surface area (Å²) in [7, 11) is 0. The summed E-state index contributed by atoms with van der Waals surface area (Å²) in [6.07, 6.45) is 0. The zero-order chi connectivity index (χ0) is 22.8. The van der Waals surface area contributed by atoms with Crippen LogP contribution in [0, 0.1) is 5.82 Å². The number of halogens is 1. The van der Waals surface area contributed by atoms with Crippen molar-refractivity contribution in [3.8, 4) is 0 Å². The minimum atomic E-state index is -0.597. The highest BCUT2D eigenvalue weighted by Gasteiger charge is 2.43. The molecule has 3 aromatic rings. The summed E-state index contributed by atoms with van der Waals surface area (Å²) in [4.78, 5) is 32.3. The number of hydrogen-bond acceptors (Lipinski definition) is 4. The molecule has 5 rings (SSSR count). The number of carbonyl (C=O) groups is 2. The minimum Gasteiger partial charge on any atom is -0.364 e. The van der Waals surface area contributed by atoms with Gasteiger partial charge >= 0.3 is 0 Å². The predicted octanol–water partition coefficient (Wildman–Crippen LogP) is 3.93. The van der Waals surface area contributed by atoms with Gasteiger partial charge in [-0.3, -0.25) is 14.5 Å². The molecule has 3 aromatic carbocycles. The molecule has 2 aliphatic rings. The molecule has 0 unspecified atom stereocenters. The van der Waals surface area contributed by atoms with Crippen LogP contribution in [0.3, 0.4) is 0 Å². The molecule has 166 valence electrons. The molecule has 0 aromatic heterocycles. The highest BCUT2D eigenvalue weighted by Crippen LogP contribution is 2.36. The summed E-state index contributed by atoms with van der Waals surface area (Å²) in [5, 5.41) is 0. The summed E-state index contributed by atoms with van der Waals surface area (Å²) in [6, 6.07) is 25.3. The minimum absolute atomic E-state index is 0.0151. The Hall–Kier alpha value is -3.77. The fourth-order valence-electron chi connectivity index (χ4n) is 4.50. The molecule has 0 saturated carbocycles. The molecule has 1 saturated heterocycles. The predicted molar refractivity (Wildman–Crippen MR) is 126 cm³/mol. The van der Waals surface area contributed by atoms with Crippen LogP contribution in [0.25, 0.3) is 5.57 Å². The van der Waals surface area contributed by atoms with E-state index in [1.165, 1.54) is 17.7 Å². The SMILES string of the molecule is O=C1C(c2ccccc2)=C(N2CCN(Cc3ccccc3)CC2)C(=O)N1c1ccccc1F. The van der Waals surface area contributed by atoms with Crippen molar-refractivity contribution in [3.05, 3.63) is 108 Å². The second-order valence-corrected chi connectivity index (χ2v) is 8.24. The molecular formula is C27H24FN3O2. The molecule has 0 bridgehead atoms. The van der Waals surface area contributed by atoms with E-state index in [2.05, 4.69) is 17.0 Å². The number of benzene rings is 3. The fourth-order valence-corrected chi connectivity index (χ4v) is 4.50. The molecule has 2 aliphatic heterocycles. The highest BCUT2D eigenvalue weighted by molar-refractivity contribution is 6.45. The second-order valence-electron chi connectivity index (χ2n) is 8.24. The van der Waals surface area contributed by atoms with Gasteiger partial charge in [-0.15, -0.1) is 0 Å². The van der Waals surface area contributed by atoms with Crippen LogP contribution in [0.2, 0.25) is 0 Å². The van der Waals surface area contributed by atoms with Crippen molar-refractivity contribution in [2.45, 2.75) is 6.54 Å². The second kappa shape index (κ2) is 9.00. The zero-order valence-corrected chi connectivity index (χ0v) is 18.2. The average Bonchev–Trinajstić information content (AvgIpc) is 3.11. The van der Waals surface area contributed by atoms with E-state index in [0.717, 1.165) is 24.5 Å². The first-order valence-corrected chi connectivity index (χ1v) is 11.1. The lowest BCUT2D eigenvalue weighted by molar-refractivity contribution is -0.120. The first kappa shape index (κ1) is 21.1. The van der Waals surface area contributed by atoms with Gasteiger partial charge in [-0.05, 0) is 23.3 Å². The standard InChI is InChI=1S/C27H24FN3O2/c28-22-13-7-8-14-23(22)31-26(32)24(21-11-5-2-6-12-21)25(27(31)33)30-17-15-29(16-18-30)19-20-9-3-1-4-10-20/h1-14H,15-19H2. The third-order valence-corrected chi connectivity index (χ3v) is 6.15. The third kappa shape index (κ3) is 4.05. The van der Waals surface area contributed by atoms with Gasteiger partial charge in [0.1, 0.15) is 11.5 Å². The summed E-state index contributed by atoms with van der Waals surface area (Å²) in [5.41, 5.74) is 2.58. The van der Waals surface area contributed by atoms with Crippen LogP contribution < -0.4 is 4.90 Å². The number of para-hydroxylation sites is 1. The lowest BCUT2D eigenvalue weighted by atomic mass is 10.0. The van der Waals surface area contributed by atoms with Crippen LogP contribution in [0.4, 0.5) is 10.1 Å². The van der Waals surface area contributed by atoms with Crippen molar-refractivity contribution in [2.24, 2.45) is 0 Å². The van der Waals surface area contributed by atoms with Crippen LogP contribution in [0.15, 0.2) is 90.6 Å². The topological polar surface area (TPSA) is 43.9 Å². The van der Waals surface area contributed by atoms with Gasteiger partial charge in [-0.1, -0.05) is 72.8 Å². The molecule has 0 atom stereocenters. The van der Waals surface area contributed by atoms with E-state index in [1.54, 1.807) is 12.1 Å². The molecule has 0 aliphatic carbocycles. The molecule has 1 fully saturated rings. The number of hydrogen-bond donors (Lipinski definition) is 0. The van der Waals surface area contributed by atoms with Gasteiger partial charge in [0.2, 0.25) is 0 Å². The molecule has 5 nitrogen and oxygen atoms in total. The van der Waals surface area contributed by atoms with Crippen LogP contribution >= 0.6 is 0 Å². The van der Waals surface area contributed by atoms with E-state index >= 15 is 0 Å². The summed E-state index contributed by atoms with van der Waals surface area (Å²) in [5.74, 6) is -1.56. The maximum atomic E-state index is 14.6. The van der Waals surface area contributed by atoms with E-state index in [4.69, 9.17) is 0 Å². The van der Waals surface area contributed by atoms with Crippen LogP contribution in [0.5, 0.6) is 0 Å². The van der Waals surface area contributed by atoms with Crippen molar-refractivity contribution in [3.63, 3.8) is 0 Å². The highest BCUT2D eigenvalue weighted by atomic mass is 19.1. The maximum Gasteiger partial charge on any atom is 0.282 e. The van der Waals surface area contributed by atoms with Gasteiger partial charge in [-0.25, -0.2) is 9.29 Å². The Labute approximate surface area is 192 Å². The van der Waals surface area contributed by atoms with Gasteiger partial charge in [0.25, 0.3) is 11.8 Å². The van der Waals surface area contributed by atoms with E-state index in [0.29, 0.717) is 29.9 Å². The van der Waals surface area contributed by atoms with E-state index in [1.807, 2.05) is 53.4 Å². The molecule has 0 radical (unpaired) electrons. The Morgan fingerprint density at radius 3 is 1.97 bits per heavy atom. The number of rotatable bonds is 5. The molecule has 0 N–H and O–H groups in total. The maximum absolute atomic E-state index is 14.6. The van der Waals surface area contributed by atoms with Gasteiger partial charge < -0.3 is 4.90 Å². The summed E-state index contributed by atoms with van der Waals surface area (Å²) in [6.45, 7) is 3.60. The van der Waals surface area contributed by atoms with Crippen molar-refractivity contribution in [2.75, 3.05) is 31.1 Å². The van der Waals surface area contributed by atoms with Crippen molar-refractivity contribution in [1.29, 1.82) is 0 Å². The first-order chi connectivity index (χ1) is 16.1. The number of amides is 2. The number of anilines is 1. The summed E-state index contributed by atoms with van der Waals surface area (Å²) >= 11 is 0. The van der Waals surface area contributed by atoms with Gasteiger partial charge in [-0.2, -0.15) is 0 Å². The van der Waals surface area contributed by atoms with Crippen molar-refractivity contribution >= 4 is 23.1 Å². The largest absolute Gasteiger partial charge is 0.364 e. The average molecular weight is 442 g/mol. The quantitative estimate of drug-likeness (QED) is 0.563. The normalized spacial score (nSPS) is 17.2. The fraction of sp³-hybridized carbons (Fsp3) is 0.185. The molecule has 2 amide bonds. The number of piperazine rings is 1. The first-order valence-electron chi connectivity index (χ1n) is 11.1. The number of nitrogens with zero attached hydrogens (tertiary/aromatic N) is 3. The van der Waals surface area contributed by atoms with Gasteiger partial charge in [0.05, 0.1) is 11.3 Å². The van der Waals surface area contributed by atoms with Crippen LogP contribution in [-0.2, 0) is 16.1 Å². The van der Waals surface area contributed by atoms with E-state index in [-0.39, 0.29) is 5.69 Å². The van der Waals surface area contributed by atoms with Crippen molar-refractivity contribution in [1.82, 2.24) is 9.80 Å². The van der Waals surface area contributed by atoms with E-state index < -0.39 is 17.6 Å². The Bertz CT molecular complexity index is 1200. The van der Waals surface area contributed by atoms with Gasteiger partial charge in [0, 0.05) is 32.7 Å². The smallest absolute Gasteiger partial charge is 0.282 e. The van der Waals surface area contributed by atoms with Crippen LogP contribution in [-0.4, -0.2) is 47.8 Å². The third-order valence-electron chi connectivity index (χ3n) is 6.15. The zero-order valence-electron chi connectivity index (χ0n) is 18.2. The molecule has 6 heteroatoms. The lowest BCUT2D eigenvalue weighted by Gasteiger charge is -2.36. The van der Waals surface area contributed by atoms with Crippen LogP contribution in [0.1, 0.15) is 11.1 Å². The molecular weight excluding hydrogens is 417 g/mol. The Balaban J connectivity index is 1.44. The Morgan fingerprint density at radius 1 is 0.697 bits per heavy atom. The Kier molecular flexibility index (Phi) is 5.75. The van der Waals surface area contributed by atoms with Gasteiger partial charge in [0.15, 0.2) is 0 Å². The molecule has 0 spiro atoms. The van der Waals surface area contributed by atoms with E-state index in [9.17, 15) is 14.0 Å². The Morgan fingerprint density at radius 2 is 1.30 bits per heavy atom. The number of carbonyl (C=O) groups excluding carboxylic acids is 2. The summed E-state index contributed by atoms with van der Waals surface area (Å²) < 4.78 is 14.6. The van der Waals surface area contributed by atoms with Crippen molar-refractivity contribution < 1.29 is 14.0 Å². The lowest BCUT2D eigenvalue weighted by Crippen LogP contribution is -2.47. The molecule has 33 heavy (non-hydrogen) atoms.